The number of rotatable bonds is 6. The fourth-order valence-electron chi connectivity index (χ4n) is 1.83. The zero-order chi connectivity index (χ0) is 15.2. The van der Waals surface area contributed by atoms with Crippen LogP contribution in [0.2, 0.25) is 0 Å². The van der Waals surface area contributed by atoms with Gasteiger partial charge in [0.1, 0.15) is 17.2 Å². The number of benzene rings is 2. The minimum Gasteiger partial charge on any atom is -0.494 e. The molecule has 0 aliphatic carbocycles. The van der Waals surface area contributed by atoms with Crippen LogP contribution in [0.4, 0.5) is 11.4 Å². The van der Waals surface area contributed by atoms with Crippen molar-refractivity contribution in [1.82, 2.24) is 0 Å². The highest BCUT2D eigenvalue weighted by atomic mass is 16.6. The van der Waals surface area contributed by atoms with Gasteiger partial charge in [0.15, 0.2) is 0 Å². The van der Waals surface area contributed by atoms with Crippen molar-refractivity contribution in [3.63, 3.8) is 0 Å². The molecular weight excluding hydrogens is 274 g/mol. The molecule has 2 aromatic carbocycles. The van der Waals surface area contributed by atoms with Crippen LogP contribution in [-0.2, 0) is 0 Å². The molecular formula is C14H15N3O4. The summed E-state index contributed by atoms with van der Waals surface area (Å²) in [6.07, 6.45) is 0. The van der Waals surface area contributed by atoms with Crippen molar-refractivity contribution >= 4 is 11.4 Å². The van der Waals surface area contributed by atoms with E-state index in [0.29, 0.717) is 18.1 Å². The quantitative estimate of drug-likeness (QED) is 0.481. The molecule has 0 spiro atoms. The summed E-state index contributed by atoms with van der Waals surface area (Å²) in [5.74, 6) is 6.46. The van der Waals surface area contributed by atoms with Gasteiger partial charge in [0.05, 0.1) is 11.5 Å². The first-order valence-electron chi connectivity index (χ1n) is 6.30. The summed E-state index contributed by atoms with van der Waals surface area (Å²) in [7, 11) is 0. The first kappa shape index (κ1) is 14.6. The van der Waals surface area contributed by atoms with E-state index >= 15 is 0 Å². The van der Waals surface area contributed by atoms with Gasteiger partial charge in [0, 0.05) is 6.07 Å². The molecule has 0 atom stereocenters. The maximum atomic E-state index is 11.2. The summed E-state index contributed by atoms with van der Waals surface area (Å²) in [4.78, 5) is 10.6. The van der Waals surface area contributed by atoms with E-state index in [-0.39, 0.29) is 17.1 Å². The molecule has 2 aromatic rings. The van der Waals surface area contributed by atoms with Crippen molar-refractivity contribution in [2.75, 3.05) is 12.0 Å². The van der Waals surface area contributed by atoms with Crippen molar-refractivity contribution in [3.05, 3.63) is 52.6 Å². The molecule has 0 unspecified atom stereocenters. The predicted molar refractivity (Wildman–Crippen MR) is 78.6 cm³/mol. The van der Waals surface area contributed by atoms with Gasteiger partial charge in [-0.15, -0.1) is 0 Å². The lowest BCUT2D eigenvalue weighted by molar-refractivity contribution is -0.384. The van der Waals surface area contributed by atoms with Crippen molar-refractivity contribution in [1.29, 1.82) is 0 Å². The summed E-state index contributed by atoms with van der Waals surface area (Å²) in [5, 5.41) is 11.2. The van der Waals surface area contributed by atoms with E-state index in [4.69, 9.17) is 15.3 Å². The number of nitrogens with zero attached hydrogens (tertiary/aromatic N) is 1. The van der Waals surface area contributed by atoms with E-state index in [9.17, 15) is 10.1 Å². The molecule has 0 bridgehead atoms. The molecule has 21 heavy (non-hydrogen) atoms. The number of ether oxygens (including phenoxy) is 2. The largest absolute Gasteiger partial charge is 0.494 e. The summed E-state index contributed by atoms with van der Waals surface area (Å²) in [6.45, 7) is 2.39. The minimum absolute atomic E-state index is 0.101. The van der Waals surface area contributed by atoms with Crippen LogP contribution in [0.25, 0.3) is 0 Å². The predicted octanol–water partition coefficient (Wildman–Crippen LogP) is 3.07. The molecule has 0 fully saturated rings. The molecule has 0 aliphatic heterocycles. The Morgan fingerprint density at radius 1 is 1.24 bits per heavy atom. The SMILES string of the molecule is CCOc1cccc(Oc2cccc(NN)c2[N+](=O)[O-])c1. The third kappa shape index (κ3) is 3.40. The summed E-state index contributed by atoms with van der Waals surface area (Å²) in [5.41, 5.74) is 2.25. The van der Waals surface area contributed by atoms with Gasteiger partial charge in [-0.1, -0.05) is 12.1 Å². The average Bonchev–Trinajstić information content (AvgIpc) is 2.47. The minimum atomic E-state index is -0.545. The summed E-state index contributed by atoms with van der Waals surface area (Å²) >= 11 is 0. The van der Waals surface area contributed by atoms with E-state index in [2.05, 4.69) is 5.43 Å². The molecule has 0 radical (unpaired) electrons. The number of nitrogens with one attached hydrogen (secondary N) is 1. The number of nitro benzene ring substituents is 1. The van der Waals surface area contributed by atoms with E-state index in [1.165, 1.54) is 12.1 Å². The van der Waals surface area contributed by atoms with Crippen molar-refractivity contribution in [3.8, 4) is 17.2 Å². The van der Waals surface area contributed by atoms with Gasteiger partial charge in [0.25, 0.3) is 0 Å². The van der Waals surface area contributed by atoms with E-state index in [0.717, 1.165) is 0 Å². The summed E-state index contributed by atoms with van der Waals surface area (Å²) < 4.78 is 10.9. The first-order valence-corrected chi connectivity index (χ1v) is 6.30. The second-order valence-corrected chi connectivity index (χ2v) is 4.06. The third-order valence-corrected chi connectivity index (χ3v) is 2.68. The zero-order valence-electron chi connectivity index (χ0n) is 11.4. The lowest BCUT2D eigenvalue weighted by atomic mass is 10.2. The number of hydrazine groups is 1. The number of hydrogen-bond donors (Lipinski definition) is 2. The van der Waals surface area contributed by atoms with Crippen molar-refractivity contribution in [2.45, 2.75) is 6.92 Å². The van der Waals surface area contributed by atoms with Crippen LogP contribution in [-0.4, -0.2) is 11.5 Å². The number of nitro groups is 1. The molecule has 0 aromatic heterocycles. The van der Waals surface area contributed by atoms with E-state index in [1.54, 1.807) is 30.3 Å². The highest BCUT2D eigenvalue weighted by molar-refractivity contribution is 5.68. The Hall–Kier alpha value is -2.80. The van der Waals surface area contributed by atoms with Gasteiger partial charge >= 0.3 is 5.69 Å². The Bertz CT molecular complexity index is 646. The average molecular weight is 289 g/mol. The Morgan fingerprint density at radius 3 is 2.62 bits per heavy atom. The molecule has 0 amide bonds. The lowest BCUT2D eigenvalue weighted by Crippen LogP contribution is -2.09. The van der Waals surface area contributed by atoms with Gasteiger partial charge in [-0.2, -0.15) is 0 Å². The molecule has 0 saturated heterocycles. The van der Waals surface area contributed by atoms with Crippen LogP contribution in [0, 0.1) is 10.1 Å². The third-order valence-electron chi connectivity index (χ3n) is 2.68. The van der Waals surface area contributed by atoms with E-state index in [1.807, 2.05) is 6.92 Å². The maximum absolute atomic E-state index is 11.2. The van der Waals surface area contributed by atoms with Crippen LogP contribution in [0.1, 0.15) is 6.92 Å². The monoisotopic (exact) mass is 289 g/mol. The number of nitrogens with two attached hydrogens (primary N) is 1. The number of para-hydroxylation sites is 1. The van der Waals surface area contributed by atoms with Crippen LogP contribution in [0.15, 0.2) is 42.5 Å². The number of nitrogen functional groups attached to an aromatic ring is 1. The number of hydrogen-bond acceptors (Lipinski definition) is 6. The van der Waals surface area contributed by atoms with Gasteiger partial charge < -0.3 is 14.9 Å². The van der Waals surface area contributed by atoms with Gasteiger partial charge in [0.2, 0.25) is 5.75 Å². The maximum Gasteiger partial charge on any atom is 0.335 e. The fraction of sp³-hybridized carbons (Fsp3) is 0.143. The second kappa shape index (κ2) is 6.58. The molecule has 2 rings (SSSR count). The van der Waals surface area contributed by atoms with Crippen LogP contribution < -0.4 is 20.7 Å². The Balaban J connectivity index is 2.35. The first-order chi connectivity index (χ1) is 10.2. The number of anilines is 1. The molecule has 3 N–H and O–H groups in total. The smallest absolute Gasteiger partial charge is 0.335 e. The van der Waals surface area contributed by atoms with E-state index < -0.39 is 4.92 Å². The molecule has 0 aliphatic rings. The second-order valence-electron chi connectivity index (χ2n) is 4.06. The molecule has 7 nitrogen and oxygen atoms in total. The van der Waals surface area contributed by atoms with Crippen molar-refractivity contribution < 1.29 is 14.4 Å². The normalized spacial score (nSPS) is 10.0. The standard InChI is InChI=1S/C14H15N3O4/c1-2-20-10-5-3-6-11(9-10)21-13-8-4-7-12(16-15)14(13)17(18)19/h3-9,16H,2,15H2,1H3. The Kier molecular flexibility index (Phi) is 4.57. The molecule has 7 heteroatoms. The topological polar surface area (TPSA) is 99.7 Å². The fourth-order valence-corrected chi connectivity index (χ4v) is 1.83. The van der Waals surface area contributed by atoms with Crippen LogP contribution in [0.5, 0.6) is 17.2 Å². The van der Waals surface area contributed by atoms with Gasteiger partial charge in [-0.3, -0.25) is 16.0 Å². The Morgan fingerprint density at radius 2 is 1.95 bits per heavy atom. The highest BCUT2D eigenvalue weighted by Gasteiger charge is 2.21. The van der Waals surface area contributed by atoms with Crippen LogP contribution in [0.3, 0.4) is 0 Å². The van der Waals surface area contributed by atoms with Gasteiger partial charge in [-0.25, -0.2) is 0 Å². The van der Waals surface area contributed by atoms with Crippen molar-refractivity contribution in [2.24, 2.45) is 5.84 Å². The Labute approximate surface area is 121 Å². The van der Waals surface area contributed by atoms with Crippen LogP contribution >= 0.6 is 0 Å². The molecule has 0 heterocycles. The molecule has 110 valence electrons. The van der Waals surface area contributed by atoms with Gasteiger partial charge in [-0.05, 0) is 31.2 Å². The highest BCUT2D eigenvalue weighted by Crippen LogP contribution is 2.37. The molecule has 0 saturated carbocycles. The zero-order valence-corrected chi connectivity index (χ0v) is 11.4. The lowest BCUT2D eigenvalue weighted by Gasteiger charge is -2.10. The summed E-state index contributed by atoms with van der Waals surface area (Å²) in [6, 6.07) is 11.5.